The number of nitrogens with zero attached hydrogens (tertiary/aromatic N) is 1. The van der Waals surface area contributed by atoms with Crippen LogP contribution < -0.4 is 0 Å². The van der Waals surface area contributed by atoms with E-state index in [0.717, 1.165) is 9.87 Å². The van der Waals surface area contributed by atoms with Gasteiger partial charge in [0.25, 0.3) is 10.0 Å². The summed E-state index contributed by atoms with van der Waals surface area (Å²) in [6, 6.07) is 5.74. The predicted molar refractivity (Wildman–Crippen MR) is 74.4 cm³/mol. The van der Waals surface area contributed by atoms with Gasteiger partial charge in [-0.2, -0.15) is 0 Å². The molecule has 0 saturated heterocycles. The summed E-state index contributed by atoms with van der Waals surface area (Å²) in [5.41, 5.74) is 1.52. The molecule has 1 aliphatic heterocycles. The number of rotatable bonds is 3. The van der Waals surface area contributed by atoms with Crippen LogP contribution in [0.5, 0.6) is 0 Å². The van der Waals surface area contributed by atoms with E-state index < -0.39 is 22.0 Å². The molecule has 0 aromatic heterocycles. The molecule has 0 N–H and O–H groups in total. The Labute approximate surface area is 118 Å². The van der Waals surface area contributed by atoms with Gasteiger partial charge in [0.2, 0.25) is 0 Å². The van der Waals surface area contributed by atoms with Crippen LogP contribution in [0, 0.1) is 6.92 Å². The van der Waals surface area contributed by atoms with Crippen molar-refractivity contribution in [3.8, 4) is 0 Å². The number of esters is 1. The summed E-state index contributed by atoms with van der Waals surface area (Å²) >= 11 is 0. The third-order valence-electron chi connectivity index (χ3n) is 3.32. The van der Waals surface area contributed by atoms with Crippen molar-refractivity contribution in [2.75, 3.05) is 7.11 Å². The standard InChI is InChI=1S/C14H17NO4S/c1-10-4-7-12(8-5-10)20(17,18)15-11(2)6-9-13(15)14(16)19-3/h4-8,13H,9H2,1-3H3/t13-/m0/s1. The molecule has 0 spiro atoms. The van der Waals surface area contributed by atoms with Crippen molar-refractivity contribution in [3.05, 3.63) is 41.6 Å². The van der Waals surface area contributed by atoms with Crippen LogP contribution in [0.3, 0.4) is 0 Å². The zero-order chi connectivity index (χ0) is 14.9. The number of methoxy groups -OCH3 is 1. The number of aryl methyl sites for hydroxylation is 1. The number of carbonyl (C=O) groups is 1. The highest BCUT2D eigenvalue weighted by Crippen LogP contribution is 2.30. The van der Waals surface area contributed by atoms with Gasteiger partial charge < -0.3 is 4.74 Å². The molecule has 1 aromatic rings. The van der Waals surface area contributed by atoms with E-state index in [1.807, 2.05) is 6.92 Å². The van der Waals surface area contributed by atoms with Crippen molar-refractivity contribution in [3.63, 3.8) is 0 Å². The zero-order valence-corrected chi connectivity index (χ0v) is 12.5. The first-order valence-electron chi connectivity index (χ1n) is 6.23. The second-order valence-electron chi connectivity index (χ2n) is 4.73. The Morgan fingerprint density at radius 1 is 1.25 bits per heavy atom. The molecule has 0 saturated carbocycles. The SMILES string of the molecule is COC(=O)[C@@H]1CC=C(C)N1S(=O)(=O)c1ccc(C)cc1. The topological polar surface area (TPSA) is 63.7 Å². The fourth-order valence-corrected chi connectivity index (χ4v) is 3.89. The number of carbonyl (C=O) groups excluding carboxylic acids is 1. The first kappa shape index (κ1) is 14.6. The quantitative estimate of drug-likeness (QED) is 0.798. The third kappa shape index (κ3) is 2.43. The lowest BCUT2D eigenvalue weighted by Crippen LogP contribution is -2.41. The van der Waals surface area contributed by atoms with Crippen LogP contribution in [0.2, 0.25) is 0 Å². The van der Waals surface area contributed by atoms with Gasteiger partial charge in [0.15, 0.2) is 0 Å². The summed E-state index contributed by atoms with van der Waals surface area (Å²) in [4.78, 5) is 11.9. The van der Waals surface area contributed by atoms with Gasteiger partial charge in [0.1, 0.15) is 6.04 Å². The van der Waals surface area contributed by atoms with Crippen molar-refractivity contribution < 1.29 is 17.9 Å². The second kappa shape index (κ2) is 5.28. The summed E-state index contributed by atoms with van der Waals surface area (Å²) in [5.74, 6) is -0.547. The summed E-state index contributed by atoms with van der Waals surface area (Å²) in [7, 11) is -2.49. The molecule has 2 rings (SSSR count). The molecule has 0 bridgehead atoms. The number of ether oxygens (including phenoxy) is 1. The lowest BCUT2D eigenvalue weighted by atomic mass is 10.2. The molecule has 108 valence electrons. The van der Waals surface area contributed by atoms with Crippen LogP contribution in [0.1, 0.15) is 18.9 Å². The highest BCUT2D eigenvalue weighted by Gasteiger charge is 2.39. The maximum Gasteiger partial charge on any atom is 0.330 e. The Kier molecular flexibility index (Phi) is 3.85. The van der Waals surface area contributed by atoms with Gasteiger partial charge in [-0.25, -0.2) is 13.2 Å². The second-order valence-corrected chi connectivity index (χ2v) is 6.55. The molecule has 20 heavy (non-hydrogen) atoms. The van der Waals surface area contributed by atoms with Gasteiger partial charge in [-0.1, -0.05) is 23.8 Å². The van der Waals surface area contributed by atoms with Gasteiger partial charge in [0.05, 0.1) is 12.0 Å². The van der Waals surface area contributed by atoms with Crippen molar-refractivity contribution in [2.24, 2.45) is 0 Å². The van der Waals surface area contributed by atoms with Crippen molar-refractivity contribution >= 4 is 16.0 Å². The number of hydrogen-bond acceptors (Lipinski definition) is 4. The average Bonchev–Trinajstić information content (AvgIpc) is 2.81. The van der Waals surface area contributed by atoms with E-state index in [2.05, 4.69) is 4.74 Å². The number of benzene rings is 1. The van der Waals surface area contributed by atoms with Crippen LogP contribution in [-0.2, 0) is 19.6 Å². The molecule has 1 atom stereocenters. The van der Waals surface area contributed by atoms with Crippen LogP contribution in [-0.4, -0.2) is 31.8 Å². The molecule has 0 aliphatic carbocycles. The molecule has 0 fully saturated rings. The first-order valence-corrected chi connectivity index (χ1v) is 7.67. The first-order chi connectivity index (χ1) is 9.37. The monoisotopic (exact) mass is 295 g/mol. The molecule has 0 unspecified atom stereocenters. The van der Waals surface area contributed by atoms with Gasteiger partial charge >= 0.3 is 5.97 Å². The van der Waals surface area contributed by atoms with Crippen molar-refractivity contribution in [1.29, 1.82) is 0 Å². The molecular weight excluding hydrogens is 278 g/mol. The maximum atomic E-state index is 12.7. The van der Waals surface area contributed by atoms with E-state index in [4.69, 9.17) is 0 Å². The van der Waals surface area contributed by atoms with E-state index >= 15 is 0 Å². The van der Waals surface area contributed by atoms with Crippen molar-refractivity contribution in [2.45, 2.75) is 31.2 Å². The van der Waals surface area contributed by atoms with Crippen molar-refractivity contribution in [1.82, 2.24) is 4.31 Å². The summed E-state index contributed by atoms with van der Waals surface area (Å²) in [6.07, 6.45) is 2.07. The minimum Gasteiger partial charge on any atom is -0.467 e. The zero-order valence-electron chi connectivity index (χ0n) is 11.7. The normalized spacial score (nSPS) is 18.9. The van der Waals surface area contributed by atoms with Crippen LogP contribution >= 0.6 is 0 Å². The minimum absolute atomic E-state index is 0.173. The van der Waals surface area contributed by atoms with Gasteiger partial charge in [-0.3, -0.25) is 4.31 Å². The van der Waals surface area contributed by atoms with Gasteiger partial charge in [-0.15, -0.1) is 0 Å². The Balaban J connectivity index is 2.43. The van der Waals surface area contributed by atoms with E-state index in [9.17, 15) is 13.2 Å². The fraction of sp³-hybridized carbons (Fsp3) is 0.357. The Bertz CT molecular complexity index is 646. The molecule has 1 heterocycles. The predicted octanol–water partition coefficient (Wildman–Crippen LogP) is 1.83. The highest BCUT2D eigenvalue weighted by molar-refractivity contribution is 7.89. The van der Waals surface area contributed by atoms with Crippen LogP contribution in [0.15, 0.2) is 40.9 Å². The van der Waals surface area contributed by atoms with E-state index in [1.54, 1.807) is 37.3 Å². The van der Waals surface area contributed by atoms with Gasteiger partial charge in [-0.05, 0) is 32.4 Å². The Hall–Kier alpha value is -1.82. The third-order valence-corrected chi connectivity index (χ3v) is 5.25. The average molecular weight is 295 g/mol. The maximum absolute atomic E-state index is 12.7. The highest BCUT2D eigenvalue weighted by atomic mass is 32.2. The minimum atomic E-state index is -3.74. The smallest absolute Gasteiger partial charge is 0.330 e. The number of allylic oxidation sites excluding steroid dienone is 1. The molecular formula is C14H17NO4S. The summed E-state index contributed by atoms with van der Waals surface area (Å²) in [5, 5.41) is 0. The summed E-state index contributed by atoms with van der Waals surface area (Å²) < 4.78 is 31.2. The van der Waals surface area contributed by atoms with Crippen LogP contribution in [0.4, 0.5) is 0 Å². The molecule has 0 radical (unpaired) electrons. The summed E-state index contributed by atoms with van der Waals surface area (Å²) in [6.45, 7) is 3.56. The van der Waals surface area contributed by atoms with E-state index in [-0.39, 0.29) is 4.90 Å². The number of sulfonamides is 1. The molecule has 0 amide bonds. The Morgan fingerprint density at radius 2 is 1.85 bits per heavy atom. The van der Waals surface area contributed by atoms with Crippen LogP contribution in [0.25, 0.3) is 0 Å². The molecule has 1 aromatic carbocycles. The molecule has 5 nitrogen and oxygen atoms in total. The lowest BCUT2D eigenvalue weighted by molar-refractivity contribution is -0.144. The van der Waals surface area contributed by atoms with E-state index in [1.165, 1.54) is 7.11 Å². The van der Waals surface area contributed by atoms with E-state index in [0.29, 0.717) is 12.1 Å². The largest absolute Gasteiger partial charge is 0.467 e. The van der Waals surface area contributed by atoms with Gasteiger partial charge in [0, 0.05) is 5.70 Å². The number of hydrogen-bond donors (Lipinski definition) is 0. The molecule has 1 aliphatic rings. The Morgan fingerprint density at radius 3 is 2.40 bits per heavy atom. The fourth-order valence-electron chi connectivity index (χ4n) is 2.22. The lowest BCUT2D eigenvalue weighted by Gasteiger charge is -2.26. The molecule has 6 heteroatoms.